The molecule has 9 heteroatoms. The van der Waals surface area contributed by atoms with Gasteiger partial charge in [-0.05, 0) is 18.2 Å². The largest absolute Gasteiger partial charge is 0.383 e. The van der Waals surface area contributed by atoms with Gasteiger partial charge >= 0.3 is 0 Å². The molecule has 0 radical (unpaired) electrons. The van der Waals surface area contributed by atoms with E-state index in [1.165, 1.54) is 30.0 Å². The minimum absolute atomic E-state index is 0.0669. The van der Waals surface area contributed by atoms with Crippen LogP contribution in [0.15, 0.2) is 39.1 Å². The molecule has 3 rings (SSSR count). The number of hydrogen-bond acceptors (Lipinski definition) is 6. The van der Waals surface area contributed by atoms with Crippen molar-refractivity contribution in [2.24, 2.45) is 0 Å². The number of halogens is 1. The molecule has 1 amide bonds. The second-order valence-electron chi connectivity index (χ2n) is 6.10. The maximum Gasteiger partial charge on any atom is 0.268 e. The third-order valence-electron chi connectivity index (χ3n) is 3.92. The SMILES string of the molecule is COCCn1c(SCC(=O)Nc2cccc(F)c2)nc2c(c1=O)S[C@H](C)C2. The standard InChI is InChI=1S/C18H20FN3O3S2/c1-11-8-14-16(27-11)17(24)22(6-7-25-2)18(21-14)26-10-15(23)20-13-5-3-4-12(19)9-13/h3-5,9,11H,6-8,10H2,1-2H3,(H,20,23)/t11-/m1/s1. The number of nitrogens with zero attached hydrogens (tertiary/aromatic N) is 2. The van der Waals surface area contributed by atoms with Crippen LogP contribution in [0.5, 0.6) is 0 Å². The molecule has 0 bridgehead atoms. The molecular formula is C18H20FN3O3S2. The quantitative estimate of drug-likeness (QED) is 0.560. The lowest BCUT2D eigenvalue weighted by Gasteiger charge is -2.13. The molecule has 0 spiro atoms. The number of rotatable bonds is 7. The van der Waals surface area contributed by atoms with Gasteiger partial charge in [-0.15, -0.1) is 11.8 Å². The van der Waals surface area contributed by atoms with E-state index in [4.69, 9.17) is 4.74 Å². The number of aromatic nitrogens is 2. The highest BCUT2D eigenvalue weighted by Gasteiger charge is 2.26. The Morgan fingerprint density at radius 2 is 2.33 bits per heavy atom. The van der Waals surface area contributed by atoms with E-state index < -0.39 is 5.82 Å². The summed E-state index contributed by atoms with van der Waals surface area (Å²) in [5.41, 5.74) is 1.10. The van der Waals surface area contributed by atoms with Crippen molar-refractivity contribution < 1.29 is 13.9 Å². The summed E-state index contributed by atoms with van der Waals surface area (Å²) in [4.78, 5) is 30.3. The summed E-state index contributed by atoms with van der Waals surface area (Å²) in [6.07, 6.45) is 0.739. The summed E-state index contributed by atoms with van der Waals surface area (Å²) in [5.74, 6) is -0.639. The number of nitrogens with one attached hydrogen (secondary N) is 1. The molecule has 6 nitrogen and oxygen atoms in total. The number of methoxy groups -OCH3 is 1. The van der Waals surface area contributed by atoms with Crippen LogP contribution >= 0.6 is 23.5 Å². The number of benzene rings is 1. The van der Waals surface area contributed by atoms with Crippen LogP contribution in [0.3, 0.4) is 0 Å². The van der Waals surface area contributed by atoms with Crippen LogP contribution in [0, 0.1) is 5.82 Å². The monoisotopic (exact) mass is 409 g/mol. The van der Waals surface area contributed by atoms with Crippen LogP contribution < -0.4 is 10.9 Å². The Hall–Kier alpha value is -1.84. The topological polar surface area (TPSA) is 73.2 Å². The van der Waals surface area contributed by atoms with Gasteiger partial charge in [0.05, 0.1) is 29.5 Å². The van der Waals surface area contributed by atoms with Crippen LogP contribution in [0.25, 0.3) is 0 Å². The molecule has 1 aliphatic rings. The molecule has 0 saturated carbocycles. The van der Waals surface area contributed by atoms with E-state index in [-0.39, 0.29) is 17.2 Å². The molecule has 0 unspecified atom stereocenters. The summed E-state index contributed by atoms with van der Waals surface area (Å²) in [6, 6.07) is 5.71. The fourth-order valence-corrected chi connectivity index (χ4v) is 4.67. The maximum absolute atomic E-state index is 13.2. The van der Waals surface area contributed by atoms with Crippen molar-refractivity contribution in [3.63, 3.8) is 0 Å². The molecule has 0 saturated heterocycles. The number of amides is 1. The number of fused-ring (bicyclic) bond motifs is 1. The highest BCUT2D eigenvalue weighted by molar-refractivity contribution is 8.00. The molecule has 1 aromatic heterocycles. The minimum Gasteiger partial charge on any atom is -0.383 e. The average Bonchev–Trinajstić information content (AvgIpc) is 3.00. The average molecular weight is 410 g/mol. The zero-order valence-electron chi connectivity index (χ0n) is 15.0. The van der Waals surface area contributed by atoms with Gasteiger partial charge in [0, 0.05) is 24.5 Å². The number of thioether (sulfide) groups is 2. The molecular weight excluding hydrogens is 389 g/mol. The number of carbonyl (C=O) groups is 1. The van der Waals surface area contributed by atoms with Gasteiger partial charge in [0.1, 0.15) is 5.82 Å². The van der Waals surface area contributed by atoms with E-state index in [0.29, 0.717) is 34.1 Å². The van der Waals surface area contributed by atoms with Crippen molar-refractivity contribution in [1.29, 1.82) is 0 Å². The minimum atomic E-state index is -0.416. The first-order valence-corrected chi connectivity index (χ1v) is 10.3. The van der Waals surface area contributed by atoms with Crippen LogP contribution in [-0.2, 0) is 22.5 Å². The Kier molecular flexibility index (Phi) is 6.56. The molecule has 2 aromatic rings. The summed E-state index contributed by atoms with van der Waals surface area (Å²) >= 11 is 2.73. The van der Waals surface area contributed by atoms with Crippen LogP contribution in [-0.4, -0.2) is 40.2 Å². The van der Waals surface area contributed by atoms with Crippen molar-refractivity contribution in [1.82, 2.24) is 9.55 Å². The first kappa shape index (κ1) is 19.9. The fourth-order valence-electron chi connectivity index (χ4n) is 2.71. The molecule has 1 aromatic carbocycles. The number of anilines is 1. The predicted molar refractivity (Wildman–Crippen MR) is 105 cm³/mol. The molecule has 0 aliphatic carbocycles. The van der Waals surface area contributed by atoms with Gasteiger partial charge in [0.15, 0.2) is 5.16 Å². The third-order valence-corrected chi connectivity index (χ3v) is 6.11. The van der Waals surface area contributed by atoms with Crippen molar-refractivity contribution in [3.8, 4) is 0 Å². The smallest absolute Gasteiger partial charge is 0.268 e. The summed E-state index contributed by atoms with van der Waals surface area (Å²) in [5, 5.41) is 3.46. The van der Waals surface area contributed by atoms with Crippen molar-refractivity contribution in [3.05, 3.63) is 46.1 Å². The van der Waals surface area contributed by atoms with Crippen molar-refractivity contribution in [2.45, 2.75) is 35.2 Å². The summed E-state index contributed by atoms with van der Waals surface area (Å²) < 4.78 is 19.9. The van der Waals surface area contributed by atoms with Gasteiger partial charge < -0.3 is 10.1 Å². The Morgan fingerprint density at radius 1 is 1.52 bits per heavy atom. The Bertz CT molecular complexity index is 904. The Morgan fingerprint density at radius 3 is 3.07 bits per heavy atom. The molecule has 1 N–H and O–H groups in total. The first-order chi connectivity index (χ1) is 13.0. The Balaban J connectivity index is 1.75. The lowest BCUT2D eigenvalue weighted by atomic mass is 10.2. The summed E-state index contributed by atoms with van der Waals surface area (Å²) in [6.45, 7) is 2.81. The first-order valence-electron chi connectivity index (χ1n) is 8.45. The third kappa shape index (κ3) is 4.91. The van der Waals surface area contributed by atoms with Crippen molar-refractivity contribution >= 4 is 35.1 Å². The van der Waals surface area contributed by atoms with Crippen LogP contribution in [0.4, 0.5) is 10.1 Å². The van der Waals surface area contributed by atoms with Crippen molar-refractivity contribution in [2.75, 3.05) is 24.8 Å². The number of carbonyl (C=O) groups excluding carboxylic acids is 1. The van der Waals surface area contributed by atoms with E-state index in [0.717, 1.165) is 12.1 Å². The second-order valence-corrected chi connectivity index (χ2v) is 8.49. The Labute approximate surface area is 164 Å². The molecule has 0 fully saturated rings. The maximum atomic E-state index is 13.2. The predicted octanol–water partition coefficient (Wildman–Crippen LogP) is 2.80. The van der Waals surface area contributed by atoms with E-state index in [1.807, 2.05) is 0 Å². The van der Waals surface area contributed by atoms with Gasteiger partial charge in [-0.1, -0.05) is 24.8 Å². The molecule has 27 heavy (non-hydrogen) atoms. The van der Waals surface area contributed by atoms with E-state index in [9.17, 15) is 14.0 Å². The van der Waals surface area contributed by atoms with Gasteiger partial charge in [-0.2, -0.15) is 0 Å². The van der Waals surface area contributed by atoms with Crippen LogP contribution in [0.2, 0.25) is 0 Å². The van der Waals surface area contributed by atoms with E-state index in [2.05, 4.69) is 17.2 Å². The highest BCUT2D eigenvalue weighted by atomic mass is 32.2. The van der Waals surface area contributed by atoms with Gasteiger partial charge in [0.25, 0.3) is 5.56 Å². The number of ether oxygens (including phenoxy) is 1. The zero-order valence-corrected chi connectivity index (χ0v) is 16.7. The molecule has 1 aliphatic heterocycles. The van der Waals surface area contributed by atoms with Crippen LogP contribution in [0.1, 0.15) is 12.6 Å². The lowest BCUT2D eigenvalue weighted by Crippen LogP contribution is -2.27. The number of hydrogen-bond donors (Lipinski definition) is 1. The van der Waals surface area contributed by atoms with Gasteiger partial charge in [-0.25, -0.2) is 9.37 Å². The van der Waals surface area contributed by atoms with E-state index >= 15 is 0 Å². The second kappa shape index (κ2) is 8.90. The highest BCUT2D eigenvalue weighted by Crippen LogP contribution is 2.34. The van der Waals surface area contributed by atoms with Gasteiger partial charge in [-0.3, -0.25) is 14.2 Å². The molecule has 2 heterocycles. The molecule has 1 atom stereocenters. The van der Waals surface area contributed by atoms with Gasteiger partial charge in [0.2, 0.25) is 5.91 Å². The van der Waals surface area contributed by atoms with E-state index in [1.54, 1.807) is 29.5 Å². The normalized spacial score (nSPS) is 15.6. The zero-order chi connectivity index (χ0) is 19.4. The summed E-state index contributed by atoms with van der Waals surface area (Å²) in [7, 11) is 1.57. The fraction of sp³-hybridized carbons (Fsp3) is 0.389. The molecule has 144 valence electrons. The lowest BCUT2D eigenvalue weighted by molar-refractivity contribution is -0.113.